The zero-order valence-corrected chi connectivity index (χ0v) is 22.1. The lowest BCUT2D eigenvalue weighted by Crippen LogP contribution is -2.04. The zero-order valence-electron chi connectivity index (χ0n) is 22.1. The van der Waals surface area contributed by atoms with E-state index in [2.05, 4.69) is 120 Å². The highest BCUT2D eigenvalue weighted by molar-refractivity contribution is 6.13. The molecule has 0 unspecified atom stereocenters. The number of hydrogen-bond donors (Lipinski definition) is 0. The highest BCUT2D eigenvalue weighted by atomic mass is 15.0. The van der Waals surface area contributed by atoms with Crippen LogP contribution in [0.3, 0.4) is 0 Å². The molecule has 1 aliphatic carbocycles. The Morgan fingerprint density at radius 1 is 0.415 bits per heavy atom. The van der Waals surface area contributed by atoms with Crippen LogP contribution in [0.5, 0.6) is 0 Å². The number of rotatable bonds is 1. The van der Waals surface area contributed by atoms with Crippen LogP contribution in [0.2, 0.25) is 0 Å². The number of hydrogen-bond acceptors (Lipinski definition) is 2. The van der Waals surface area contributed by atoms with Crippen molar-refractivity contribution in [3.63, 3.8) is 0 Å². The fourth-order valence-corrected chi connectivity index (χ4v) is 6.78. The van der Waals surface area contributed by atoms with Gasteiger partial charge in [-0.3, -0.25) is 9.97 Å². The Morgan fingerprint density at radius 2 is 1.00 bits per heavy atom. The summed E-state index contributed by atoms with van der Waals surface area (Å²) in [6, 6.07) is 45.6. The van der Waals surface area contributed by atoms with Gasteiger partial charge in [0.15, 0.2) is 0 Å². The summed E-state index contributed by atoms with van der Waals surface area (Å²) in [5.41, 5.74) is 14.7. The van der Waals surface area contributed by atoms with Crippen LogP contribution in [-0.4, -0.2) is 14.5 Å². The van der Waals surface area contributed by atoms with Gasteiger partial charge in [-0.2, -0.15) is 0 Å². The van der Waals surface area contributed by atoms with Crippen molar-refractivity contribution < 1.29 is 0 Å². The minimum absolute atomic E-state index is 0.898. The summed E-state index contributed by atoms with van der Waals surface area (Å²) >= 11 is 0. The molecule has 0 amide bonds. The second-order valence-electron chi connectivity index (χ2n) is 10.6. The number of nitrogens with zero attached hydrogens (tertiary/aromatic N) is 3. The van der Waals surface area contributed by atoms with Crippen molar-refractivity contribution in [1.29, 1.82) is 0 Å². The first-order valence-electron chi connectivity index (χ1n) is 13.9. The Labute approximate surface area is 237 Å². The summed E-state index contributed by atoms with van der Waals surface area (Å²) in [6.07, 6.45) is 3.91. The largest absolute Gasteiger partial charge is 0.309 e. The third kappa shape index (κ3) is 3.09. The smallest absolute Gasteiger partial charge is 0.0971 e. The van der Waals surface area contributed by atoms with E-state index in [0.29, 0.717) is 0 Å². The number of para-hydroxylation sites is 2. The molecule has 0 N–H and O–H groups in total. The summed E-state index contributed by atoms with van der Waals surface area (Å²) < 4.78 is 2.43. The minimum atomic E-state index is 0.898. The van der Waals surface area contributed by atoms with Gasteiger partial charge in [-0.05, 0) is 58.1 Å². The van der Waals surface area contributed by atoms with Crippen molar-refractivity contribution in [2.75, 3.05) is 0 Å². The lowest BCUT2D eigenvalue weighted by atomic mass is 9.80. The van der Waals surface area contributed by atoms with Gasteiger partial charge < -0.3 is 4.57 Å². The lowest BCUT2D eigenvalue weighted by Gasteiger charge is -2.26. The molecule has 9 rings (SSSR count). The van der Waals surface area contributed by atoms with E-state index in [9.17, 15) is 0 Å². The molecule has 0 radical (unpaired) electrons. The van der Waals surface area contributed by atoms with E-state index in [4.69, 9.17) is 9.97 Å². The predicted octanol–water partition coefficient (Wildman–Crippen LogP) is 9.71. The van der Waals surface area contributed by atoms with Crippen molar-refractivity contribution in [1.82, 2.24) is 14.5 Å². The molecule has 1 aliphatic rings. The number of pyridine rings is 2. The van der Waals surface area contributed by atoms with Gasteiger partial charge in [0.1, 0.15) is 0 Å². The van der Waals surface area contributed by atoms with E-state index in [-0.39, 0.29) is 0 Å². The van der Waals surface area contributed by atoms with E-state index >= 15 is 0 Å². The molecule has 0 bridgehead atoms. The van der Waals surface area contributed by atoms with Crippen LogP contribution < -0.4 is 0 Å². The van der Waals surface area contributed by atoms with Crippen LogP contribution in [0, 0.1) is 0 Å². The molecule has 0 saturated heterocycles. The molecule has 3 nitrogen and oxygen atoms in total. The highest BCUT2D eigenvalue weighted by Crippen LogP contribution is 2.51. The molecule has 0 aliphatic heterocycles. The van der Waals surface area contributed by atoms with Crippen LogP contribution >= 0.6 is 0 Å². The number of benzene rings is 5. The van der Waals surface area contributed by atoms with Crippen LogP contribution in [0.15, 0.2) is 140 Å². The monoisotopic (exact) mass is 521 g/mol. The fraction of sp³-hybridized carbons (Fsp3) is 0. The summed E-state index contributed by atoms with van der Waals surface area (Å²) in [4.78, 5) is 9.80. The van der Waals surface area contributed by atoms with Gasteiger partial charge in [-0.15, -0.1) is 0 Å². The number of fused-ring (bicyclic) bond motifs is 13. The maximum atomic E-state index is 4.92. The molecule has 0 atom stereocenters. The standard InChI is InChI=1S/C38H23N3/c1-3-15-28-24(11-1)25-12-2-4-16-29(25)37-31(23-40-32-18-10-22-39-38(32)37)30-17-9-21-35(36(28)30)41-33-19-7-5-13-26(33)27-14-6-8-20-34(27)41/h1-23H. The average molecular weight is 522 g/mol. The van der Waals surface area contributed by atoms with E-state index < -0.39 is 0 Å². The molecule has 190 valence electrons. The molecule has 3 heterocycles. The molecule has 0 spiro atoms. The van der Waals surface area contributed by atoms with Crippen molar-refractivity contribution >= 4 is 32.8 Å². The van der Waals surface area contributed by atoms with Gasteiger partial charge in [0.05, 0.1) is 27.8 Å². The summed E-state index contributed by atoms with van der Waals surface area (Å²) in [7, 11) is 0. The fourth-order valence-electron chi connectivity index (χ4n) is 6.78. The van der Waals surface area contributed by atoms with E-state index in [0.717, 1.165) is 33.4 Å². The van der Waals surface area contributed by atoms with Crippen molar-refractivity contribution in [3.05, 3.63) is 140 Å². The molecule has 0 fully saturated rings. The third-order valence-electron chi connectivity index (χ3n) is 8.46. The Hall–Kier alpha value is -5.54. The highest BCUT2D eigenvalue weighted by Gasteiger charge is 2.27. The quantitative estimate of drug-likeness (QED) is 0.215. The normalized spacial score (nSPS) is 11.9. The average Bonchev–Trinajstić information content (AvgIpc) is 3.37. The van der Waals surface area contributed by atoms with Crippen LogP contribution in [0.4, 0.5) is 0 Å². The SMILES string of the molecule is c1ccc2c(c1)-c1ccccc1-c1c(cnc3cccnc13)-c1cccc(-n3c4ccccc4c4ccccc43)c1-2. The molecule has 41 heavy (non-hydrogen) atoms. The van der Waals surface area contributed by atoms with Crippen LogP contribution in [0.1, 0.15) is 0 Å². The van der Waals surface area contributed by atoms with E-state index in [1.54, 1.807) is 0 Å². The molecular weight excluding hydrogens is 498 g/mol. The maximum absolute atomic E-state index is 4.92. The predicted molar refractivity (Wildman–Crippen MR) is 169 cm³/mol. The maximum Gasteiger partial charge on any atom is 0.0971 e. The molecule has 0 saturated carbocycles. The topological polar surface area (TPSA) is 30.7 Å². The Morgan fingerprint density at radius 3 is 1.71 bits per heavy atom. The summed E-state index contributed by atoms with van der Waals surface area (Å²) in [5, 5.41) is 2.50. The first-order chi connectivity index (χ1) is 20.4. The van der Waals surface area contributed by atoms with Crippen molar-refractivity contribution in [2.24, 2.45) is 0 Å². The van der Waals surface area contributed by atoms with Gasteiger partial charge in [-0.1, -0.05) is 97.1 Å². The van der Waals surface area contributed by atoms with E-state index in [1.165, 1.54) is 49.6 Å². The van der Waals surface area contributed by atoms with Gasteiger partial charge in [-0.25, -0.2) is 0 Å². The van der Waals surface area contributed by atoms with Crippen LogP contribution in [-0.2, 0) is 0 Å². The van der Waals surface area contributed by atoms with E-state index in [1.807, 2.05) is 24.5 Å². The van der Waals surface area contributed by atoms with Crippen molar-refractivity contribution in [3.8, 4) is 50.2 Å². The van der Waals surface area contributed by atoms with Crippen molar-refractivity contribution in [2.45, 2.75) is 0 Å². The minimum Gasteiger partial charge on any atom is -0.309 e. The molecule has 8 aromatic rings. The first-order valence-corrected chi connectivity index (χ1v) is 13.9. The second kappa shape index (κ2) is 8.48. The Balaban J connectivity index is 1.51. The Kier molecular flexibility index (Phi) is 4.61. The number of aromatic nitrogens is 3. The van der Waals surface area contributed by atoms with Crippen LogP contribution in [0.25, 0.3) is 83.0 Å². The Bertz CT molecular complexity index is 2270. The first kappa shape index (κ1) is 22.3. The molecular formula is C38H23N3. The molecule has 3 heteroatoms. The second-order valence-corrected chi connectivity index (χ2v) is 10.6. The van der Waals surface area contributed by atoms with Gasteiger partial charge >= 0.3 is 0 Å². The molecule has 3 aromatic heterocycles. The zero-order chi connectivity index (χ0) is 26.9. The summed E-state index contributed by atoms with van der Waals surface area (Å²) in [6.45, 7) is 0. The molecule has 5 aromatic carbocycles. The lowest BCUT2D eigenvalue weighted by molar-refractivity contribution is 1.18. The van der Waals surface area contributed by atoms with Gasteiger partial charge in [0.25, 0.3) is 0 Å². The van der Waals surface area contributed by atoms with Gasteiger partial charge in [0.2, 0.25) is 0 Å². The summed E-state index contributed by atoms with van der Waals surface area (Å²) in [5.74, 6) is 0. The third-order valence-corrected chi connectivity index (χ3v) is 8.46. The van der Waals surface area contributed by atoms with Gasteiger partial charge in [0, 0.05) is 39.9 Å².